The van der Waals surface area contributed by atoms with E-state index in [1.165, 1.54) is 30.5 Å². The minimum atomic E-state index is -4.48. The largest absolute Gasteiger partial charge is 0.416 e. The average Bonchev–Trinajstić information content (AvgIpc) is 2.81. The number of morpholine rings is 1. The Morgan fingerprint density at radius 1 is 0.971 bits per heavy atom. The molecule has 0 atom stereocenters. The van der Waals surface area contributed by atoms with Gasteiger partial charge in [-0.15, -0.1) is 0 Å². The van der Waals surface area contributed by atoms with Crippen LogP contribution in [0.2, 0.25) is 0 Å². The Hall–Kier alpha value is -3.72. The summed E-state index contributed by atoms with van der Waals surface area (Å²) in [5, 5.41) is 2.76. The zero-order chi connectivity index (χ0) is 25.1. The molecule has 2 aromatic heterocycles. The summed E-state index contributed by atoms with van der Waals surface area (Å²) < 4.78 is 87.1. The first-order valence-electron chi connectivity index (χ1n) is 10.2. The van der Waals surface area contributed by atoms with E-state index in [4.69, 9.17) is 4.74 Å². The molecule has 3 aromatic rings. The number of rotatable bonds is 7. The average molecular weight is 513 g/mol. The summed E-state index contributed by atoms with van der Waals surface area (Å²) in [6.07, 6.45) is -2.38. The van der Waals surface area contributed by atoms with Crippen LogP contribution in [0.4, 0.5) is 46.5 Å². The third-order valence-electron chi connectivity index (χ3n) is 4.74. The quantitative estimate of drug-likeness (QED) is 0.411. The third kappa shape index (κ3) is 6.45. The molecule has 1 saturated heterocycles. The second-order valence-electron chi connectivity index (χ2n) is 7.31. The van der Waals surface area contributed by atoms with Crippen LogP contribution >= 0.6 is 0 Å². The maximum absolute atomic E-state index is 14.1. The Morgan fingerprint density at radius 3 is 2.43 bits per heavy atom. The number of nitrogens with one attached hydrogen (secondary N) is 3. The van der Waals surface area contributed by atoms with E-state index in [0.29, 0.717) is 32.0 Å². The molecular formula is C20H19F4N7O3S. The molecule has 0 aliphatic carbocycles. The Kier molecular flexibility index (Phi) is 6.88. The van der Waals surface area contributed by atoms with E-state index in [-0.39, 0.29) is 23.3 Å². The summed E-state index contributed by atoms with van der Waals surface area (Å²) in [4.78, 5) is 13.2. The van der Waals surface area contributed by atoms with Gasteiger partial charge in [-0.05, 0) is 30.3 Å². The molecule has 15 heteroatoms. The number of ether oxygens (including phenoxy) is 1. The summed E-state index contributed by atoms with van der Waals surface area (Å²) in [5.74, 6) is -1.18. The third-order valence-corrected chi connectivity index (χ3v) is 5.67. The molecule has 4 rings (SSSR count). The highest BCUT2D eigenvalue weighted by atomic mass is 32.2. The highest BCUT2D eigenvalue weighted by Crippen LogP contribution is 2.31. The van der Waals surface area contributed by atoms with Crippen LogP contribution < -0.4 is 19.7 Å². The van der Waals surface area contributed by atoms with Crippen LogP contribution in [0.5, 0.6) is 0 Å². The Labute approximate surface area is 197 Å². The zero-order valence-corrected chi connectivity index (χ0v) is 18.7. The van der Waals surface area contributed by atoms with Crippen molar-refractivity contribution in [2.75, 3.05) is 46.0 Å². The van der Waals surface area contributed by atoms with Gasteiger partial charge in [-0.2, -0.15) is 26.6 Å². The van der Waals surface area contributed by atoms with E-state index >= 15 is 0 Å². The minimum Gasteiger partial charge on any atom is -0.378 e. The van der Waals surface area contributed by atoms with Crippen molar-refractivity contribution >= 4 is 39.2 Å². The van der Waals surface area contributed by atoms with E-state index < -0.39 is 27.8 Å². The Bertz CT molecular complexity index is 1280. The first-order valence-corrected chi connectivity index (χ1v) is 11.6. The van der Waals surface area contributed by atoms with Crippen LogP contribution in [0, 0.1) is 5.82 Å². The van der Waals surface area contributed by atoms with Crippen LogP contribution in [-0.4, -0.2) is 49.7 Å². The van der Waals surface area contributed by atoms with Gasteiger partial charge >= 0.3 is 16.4 Å². The SMILES string of the molecule is O=S(=O)(Nc1ccc(Nc2cccc(C(F)(F)F)c2)cn1)Nc1ncc(F)c(N2CCOCC2)n1. The lowest BCUT2D eigenvalue weighted by atomic mass is 10.2. The number of pyridine rings is 1. The van der Waals surface area contributed by atoms with Crippen molar-refractivity contribution in [3.05, 3.63) is 60.2 Å². The zero-order valence-electron chi connectivity index (χ0n) is 17.9. The number of alkyl halides is 3. The lowest BCUT2D eigenvalue weighted by Gasteiger charge is -2.28. The highest BCUT2D eigenvalue weighted by Gasteiger charge is 2.30. The van der Waals surface area contributed by atoms with Crippen molar-refractivity contribution in [2.24, 2.45) is 0 Å². The molecule has 0 bridgehead atoms. The van der Waals surface area contributed by atoms with Gasteiger partial charge in [-0.3, -0.25) is 4.72 Å². The fraction of sp³-hybridized carbons (Fsp3) is 0.250. The Balaban J connectivity index is 1.41. The first kappa shape index (κ1) is 24.4. The summed E-state index contributed by atoms with van der Waals surface area (Å²) in [7, 11) is -4.24. The maximum Gasteiger partial charge on any atom is 0.416 e. The molecule has 0 radical (unpaired) electrons. The smallest absolute Gasteiger partial charge is 0.378 e. The van der Waals surface area contributed by atoms with Gasteiger partial charge in [0.1, 0.15) is 5.82 Å². The molecule has 0 saturated carbocycles. The summed E-state index contributed by atoms with van der Waals surface area (Å²) >= 11 is 0. The van der Waals surface area contributed by atoms with Crippen LogP contribution in [0.1, 0.15) is 5.56 Å². The number of benzene rings is 1. The molecular weight excluding hydrogens is 494 g/mol. The lowest BCUT2D eigenvalue weighted by Crippen LogP contribution is -2.37. The van der Waals surface area contributed by atoms with E-state index in [2.05, 4.69) is 29.7 Å². The molecule has 1 fully saturated rings. The van der Waals surface area contributed by atoms with Gasteiger partial charge < -0.3 is 15.0 Å². The van der Waals surface area contributed by atoms with Gasteiger partial charge in [0.25, 0.3) is 0 Å². The van der Waals surface area contributed by atoms with Crippen molar-refractivity contribution in [1.82, 2.24) is 15.0 Å². The van der Waals surface area contributed by atoms with Crippen molar-refractivity contribution in [3.8, 4) is 0 Å². The predicted octanol–water partition coefficient (Wildman–Crippen LogP) is 3.38. The van der Waals surface area contributed by atoms with Gasteiger partial charge in [0.2, 0.25) is 5.95 Å². The number of hydrogen-bond acceptors (Lipinski definition) is 8. The molecule has 186 valence electrons. The second kappa shape index (κ2) is 9.87. The van der Waals surface area contributed by atoms with Gasteiger partial charge in [0.05, 0.1) is 36.9 Å². The maximum atomic E-state index is 14.1. The molecule has 10 nitrogen and oxygen atoms in total. The summed E-state index contributed by atoms with van der Waals surface area (Å²) in [6.45, 7) is 1.55. The van der Waals surface area contributed by atoms with Gasteiger partial charge in [-0.25, -0.2) is 19.1 Å². The molecule has 1 aliphatic rings. The standard InChI is InChI=1S/C20H19F4N7O3S/c21-16-12-26-19(28-18(16)31-6-8-34-9-7-31)30-35(32,33)29-17-5-4-15(11-25-17)27-14-3-1-2-13(10-14)20(22,23)24/h1-5,10-12,27H,6-9H2,(H,25,29)(H,26,28,30). The molecule has 1 aromatic carbocycles. The van der Waals surface area contributed by atoms with Crippen LogP contribution in [0.15, 0.2) is 48.8 Å². The van der Waals surface area contributed by atoms with E-state index in [0.717, 1.165) is 18.3 Å². The molecule has 3 N–H and O–H groups in total. The number of hydrogen-bond donors (Lipinski definition) is 3. The summed E-state index contributed by atoms with van der Waals surface area (Å²) in [5.41, 5.74) is -0.302. The number of nitrogens with zero attached hydrogens (tertiary/aromatic N) is 4. The fourth-order valence-electron chi connectivity index (χ4n) is 3.16. The second-order valence-corrected chi connectivity index (χ2v) is 8.72. The monoisotopic (exact) mass is 513 g/mol. The molecule has 3 heterocycles. The van der Waals surface area contributed by atoms with Crippen LogP contribution in [-0.2, 0) is 21.1 Å². The molecule has 35 heavy (non-hydrogen) atoms. The van der Waals surface area contributed by atoms with Crippen molar-refractivity contribution in [1.29, 1.82) is 0 Å². The first-order chi connectivity index (χ1) is 16.6. The van der Waals surface area contributed by atoms with Gasteiger partial charge in [0, 0.05) is 18.8 Å². The van der Waals surface area contributed by atoms with E-state index in [9.17, 15) is 26.0 Å². The molecule has 0 unspecified atom stereocenters. The number of anilines is 5. The topological polar surface area (TPSA) is 121 Å². The van der Waals surface area contributed by atoms with Crippen molar-refractivity contribution in [3.63, 3.8) is 0 Å². The molecule has 0 amide bonds. The summed E-state index contributed by atoms with van der Waals surface area (Å²) in [6, 6.07) is 7.33. The van der Waals surface area contributed by atoms with Crippen LogP contribution in [0.3, 0.4) is 0 Å². The van der Waals surface area contributed by atoms with E-state index in [1.54, 1.807) is 4.90 Å². The van der Waals surface area contributed by atoms with Crippen LogP contribution in [0.25, 0.3) is 0 Å². The minimum absolute atomic E-state index is 0.0517. The molecule has 0 spiro atoms. The predicted molar refractivity (Wildman–Crippen MR) is 120 cm³/mol. The normalized spacial score (nSPS) is 14.5. The van der Waals surface area contributed by atoms with Gasteiger partial charge in [-0.1, -0.05) is 6.07 Å². The van der Waals surface area contributed by atoms with Crippen molar-refractivity contribution < 1.29 is 30.7 Å². The molecule has 1 aliphatic heterocycles. The van der Waals surface area contributed by atoms with Gasteiger partial charge in [0.15, 0.2) is 11.6 Å². The number of halogens is 4. The highest BCUT2D eigenvalue weighted by molar-refractivity contribution is 7.93. The van der Waals surface area contributed by atoms with Crippen molar-refractivity contribution in [2.45, 2.75) is 6.18 Å². The number of aromatic nitrogens is 3. The fourth-order valence-corrected chi connectivity index (χ4v) is 3.94. The van der Waals surface area contributed by atoms with E-state index in [1.807, 2.05) is 0 Å². The lowest BCUT2D eigenvalue weighted by molar-refractivity contribution is -0.137. The Morgan fingerprint density at radius 2 is 1.74 bits per heavy atom.